The standard InChI is InChI=1S/C40H48N2O5/c1-7-23-41(24-8-1)27-29-44-37-11-3-5-13-39(37)46-35-19-15-33(16-20-35)31-43-32-34-17-21-36(22-18-34)47-40-14-6-4-12-38(40)45-30-28-42-25-9-2-10-26-42/h3-6,11-22H,1-2,7-10,23-32H2. The predicted octanol–water partition coefficient (Wildman–Crippen LogP) is 8.72. The molecule has 0 spiro atoms. The number of rotatable bonds is 16. The van der Waals surface area contributed by atoms with Gasteiger partial charge in [-0.2, -0.15) is 0 Å². The summed E-state index contributed by atoms with van der Waals surface area (Å²) in [5.74, 6) is 4.54. The largest absolute Gasteiger partial charge is 0.488 e. The molecule has 0 aromatic heterocycles. The second kappa shape index (κ2) is 17.8. The van der Waals surface area contributed by atoms with E-state index in [1.165, 1.54) is 64.7 Å². The van der Waals surface area contributed by atoms with Crippen LogP contribution in [0, 0.1) is 0 Å². The summed E-state index contributed by atoms with van der Waals surface area (Å²) in [6.07, 6.45) is 7.83. The van der Waals surface area contributed by atoms with E-state index in [4.69, 9.17) is 23.7 Å². The fourth-order valence-electron chi connectivity index (χ4n) is 6.09. The molecule has 0 unspecified atom stereocenters. The van der Waals surface area contributed by atoms with Crippen molar-refractivity contribution in [2.75, 3.05) is 52.5 Å². The first kappa shape index (κ1) is 32.9. The lowest BCUT2D eigenvalue weighted by Gasteiger charge is -2.26. The maximum atomic E-state index is 6.19. The third kappa shape index (κ3) is 10.5. The van der Waals surface area contributed by atoms with Crippen molar-refractivity contribution in [3.05, 3.63) is 108 Å². The Labute approximate surface area is 280 Å². The Morgan fingerprint density at radius 2 is 0.809 bits per heavy atom. The Kier molecular flexibility index (Phi) is 12.4. The molecule has 47 heavy (non-hydrogen) atoms. The van der Waals surface area contributed by atoms with E-state index in [1.807, 2.05) is 97.1 Å². The van der Waals surface area contributed by atoms with Crippen LogP contribution in [0.25, 0.3) is 0 Å². The maximum Gasteiger partial charge on any atom is 0.169 e. The summed E-state index contributed by atoms with van der Waals surface area (Å²) >= 11 is 0. The monoisotopic (exact) mass is 636 g/mol. The number of nitrogens with zero attached hydrogens (tertiary/aromatic N) is 2. The minimum Gasteiger partial charge on any atom is -0.488 e. The van der Waals surface area contributed by atoms with Gasteiger partial charge in [-0.25, -0.2) is 0 Å². The molecule has 7 heteroatoms. The lowest BCUT2D eigenvalue weighted by molar-refractivity contribution is 0.107. The summed E-state index contributed by atoms with van der Waals surface area (Å²) in [5, 5.41) is 0. The van der Waals surface area contributed by atoms with E-state index < -0.39 is 0 Å². The van der Waals surface area contributed by atoms with E-state index in [-0.39, 0.29) is 0 Å². The highest BCUT2D eigenvalue weighted by Crippen LogP contribution is 2.33. The van der Waals surface area contributed by atoms with Gasteiger partial charge in [0, 0.05) is 13.1 Å². The van der Waals surface area contributed by atoms with Crippen LogP contribution in [0.5, 0.6) is 34.5 Å². The van der Waals surface area contributed by atoms with Crippen molar-refractivity contribution in [2.24, 2.45) is 0 Å². The highest BCUT2D eigenvalue weighted by Gasteiger charge is 2.13. The number of hydrogen-bond donors (Lipinski definition) is 0. The van der Waals surface area contributed by atoms with Gasteiger partial charge in [0.15, 0.2) is 23.0 Å². The van der Waals surface area contributed by atoms with Crippen LogP contribution >= 0.6 is 0 Å². The molecule has 0 radical (unpaired) electrons. The van der Waals surface area contributed by atoms with E-state index in [9.17, 15) is 0 Å². The first-order chi connectivity index (χ1) is 23.3. The summed E-state index contributed by atoms with van der Waals surface area (Å²) in [5.41, 5.74) is 2.17. The Bertz CT molecular complexity index is 1370. The second-order valence-electron chi connectivity index (χ2n) is 12.4. The number of piperidine rings is 2. The number of likely N-dealkylation sites (tertiary alicyclic amines) is 2. The number of hydrogen-bond acceptors (Lipinski definition) is 7. The Hall–Kier alpha value is -4.04. The van der Waals surface area contributed by atoms with E-state index >= 15 is 0 Å². The van der Waals surface area contributed by atoms with Crippen LogP contribution < -0.4 is 18.9 Å². The van der Waals surface area contributed by atoms with Crippen molar-refractivity contribution in [3.63, 3.8) is 0 Å². The number of ether oxygens (including phenoxy) is 5. The normalized spacial score (nSPS) is 15.7. The zero-order chi connectivity index (χ0) is 31.9. The molecular formula is C40H48N2O5. The zero-order valence-corrected chi connectivity index (χ0v) is 27.5. The average Bonchev–Trinajstić information content (AvgIpc) is 3.12. The molecule has 6 rings (SSSR count). The van der Waals surface area contributed by atoms with Crippen LogP contribution in [0.2, 0.25) is 0 Å². The third-order valence-electron chi connectivity index (χ3n) is 8.77. The molecule has 0 N–H and O–H groups in total. The molecule has 2 heterocycles. The van der Waals surface area contributed by atoms with Crippen molar-refractivity contribution >= 4 is 0 Å². The van der Waals surface area contributed by atoms with Crippen LogP contribution in [0.1, 0.15) is 49.7 Å². The summed E-state index contributed by atoms with van der Waals surface area (Å²) < 4.78 is 30.6. The van der Waals surface area contributed by atoms with Crippen molar-refractivity contribution in [1.82, 2.24) is 9.80 Å². The topological polar surface area (TPSA) is 52.6 Å². The summed E-state index contributed by atoms with van der Waals surface area (Å²) in [4.78, 5) is 4.96. The molecule has 2 aliphatic heterocycles. The van der Waals surface area contributed by atoms with Crippen molar-refractivity contribution in [3.8, 4) is 34.5 Å². The maximum absolute atomic E-state index is 6.19. The Morgan fingerprint density at radius 3 is 1.21 bits per heavy atom. The Balaban J connectivity index is 0.926. The quantitative estimate of drug-likeness (QED) is 0.122. The van der Waals surface area contributed by atoms with Crippen LogP contribution in [-0.4, -0.2) is 62.3 Å². The smallest absolute Gasteiger partial charge is 0.169 e. The third-order valence-corrected chi connectivity index (χ3v) is 8.77. The molecule has 248 valence electrons. The van der Waals surface area contributed by atoms with Gasteiger partial charge in [0.1, 0.15) is 24.7 Å². The van der Waals surface area contributed by atoms with E-state index in [1.54, 1.807) is 0 Å². The summed E-state index contributed by atoms with van der Waals surface area (Å²) in [6.45, 7) is 8.92. The molecule has 2 fully saturated rings. The van der Waals surface area contributed by atoms with Crippen molar-refractivity contribution in [2.45, 2.75) is 51.7 Å². The minimum absolute atomic E-state index is 0.511. The van der Waals surface area contributed by atoms with Gasteiger partial charge < -0.3 is 23.7 Å². The van der Waals surface area contributed by atoms with Gasteiger partial charge in [0.2, 0.25) is 0 Å². The summed E-state index contributed by atoms with van der Waals surface area (Å²) in [6, 6.07) is 31.8. The van der Waals surface area contributed by atoms with Gasteiger partial charge in [-0.05, 0) is 112 Å². The minimum atomic E-state index is 0.511. The van der Waals surface area contributed by atoms with Gasteiger partial charge >= 0.3 is 0 Å². The lowest BCUT2D eigenvalue weighted by atomic mass is 10.1. The number of benzene rings is 4. The summed E-state index contributed by atoms with van der Waals surface area (Å²) in [7, 11) is 0. The molecule has 2 aliphatic rings. The highest BCUT2D eigenvalue weighted by atomic mass is 16.5. The van der Waals surface area contributed by atoms with Crippen molar-refractivity contribution in [1.29, 1.82) is 0 Å². The molecule has 0 saturated carbocycles. The van der Waals surface area contributed by atoms with Gasteiger partial charge in [0.25, 0.3) is 0 Å². The van der Waals surface area contributed by atoms with Gasteiger partial charge in [0.05, 0.1) is 13.2 Å². The molecule has 0 amide bonds. The van der Waals surface area contributed by atoms with Crippen molar-refractivity contribution < 1.29 is 23.7 Å². The predicted molar refractivity (Wildman–Crippen MR) is 186 cm³/mol. The molecule has 4 aromatic carbocycles. The first-order valence-corrected chi connectivity index (χ1v) is 17.3. The molecule has 4 aromatic rings. The van der Waals surface area contributed by atoms with E-state index in [2.05, 4.69) is 9.80 Å². The highest BCUT2D eigenvalue weighted by molar-refractivity contribution is 5.44. The molecule has 7 nitrogen and oxygen atoms in total. The lowest BCUT2D eigenvalue weighted by Crippen LogP contribution is -2.33. The van der Waals surface area contributed by atoms with E-state index in [0.29, 0.717) is 26.4 Å². The zero-order valence-electron chi connectivity index (χ0n) is 27.5. The van der Waals surface area contributed by atoms with Gasteiger partial charge in [-0.3, -0.25) is 9.80 Å². The second-order valence-corrected chi connectivity index (χ2v) is 12.4. The molecule has 0 bridgehead atoms. The van der Waals surface area contributed by atoms with Crippen LogP contribution in [-0.2, 0) is 18.0 Å². The number of para-hydroxylation sites is 4. The van der Waals surface area contributed by atoms with Gasteiger partial charge in [-0.1, -0.05) is 61.4 Å². The fraction of sp³-hybridized carbons (Fsp3) is 0.400. The van der Waals surface area contributed by atoms with Crippen LogP contribution in [0.15, 0.2) is 97.1 Å². The van der Waals surface area contributed by atoms with Crippen LogP contribution in [0.4, 0.5) is 0 Å². The molecule has 0 atom stereocenters. The fourth-order valence-corrected chi connectivity index (χ4v) is 6.09. The molecular weight excluding hydrogens is 588 g/mol. The first-order valence-electron chi connectivity index (χ1n) is 17.3. The Morgan fingerprint density at radius 1 is 0.426 bits per heavy atom. The molecule has 2 saturated heterocycles. The SMILES string of the molecule is c1ccc(Oc2ccc(COCc3ccc(Oc4ccccc4OCCN4CCCCC4)cc3)cc2)c(OCCN2CCCCC2)c1. The van der Waals surface area contributed by atoms with Gasteiger partial charge in [-0.15, -0.1) is 0 Å². The van der Waals surface area contributed by atoms with Crippen LogP contribution in [0.3, 0.4) is 0 Å². The molecule has 0 aliphatic carbocycles. The average molecular weight is 637 g/mol. The van der Waals surface area contributed by atoms with E-state index in [0.717, 1.165) is 58.7 Å².